The first-order valence-electron chi connectivity index (χ1n) is 7.17. The van der Waals surface area contributed by atoms with E-state index in [2.05, 4.69) is 46.1 Å². The van der Waals surface area contributed by atoms with Crippen LogP contribution < -0.4 is 5.32 Å². The lowest BCUT2D eigenvalue weighted by Crippen LogP contribution is -2.10. The zero-order chi connectivity index (χ0) is 15.4. The standard InChI is InChI=1S/C14H22N6S/c1-6-7-15-12-10(4)13(19-11(18-12)9(2)3)21-14-16-8-17-20(14)5/h8-9H,6-7H2,1-5H3,(H,15,18,19). The number of aryl methyl sites for hydroxylation is 1. The van der Waals surface area contributed by atoms with Crippen LogP contribution in [-0.2, 0) is 7.05 Å². The molecule has 114 valence electrons. The van der Waals surface area contributed by atoms with E-state index in [1.165, 1.54) is 11.8 Å². The predicted molar refractivity (Wildman–Crippen MR) is 84.8 cm³/mol. The Kier molecular flexibility index (Phi) is 5.17. The summed E-state index contributed by atoms with van der Waals surface area (Å²) in [4.78, 5) is 13.6. The Bertz CT molecular complexity index is 608. The molecule has 0 saturated heterocycles. The van der Waals surface area contributed by atoms with E-state index in [4.69, 9.17) is 0 Å². The number of nitrogens with zero attached hydrogens (tertiary/aromatic N) is 5. The van der Waals surface area contributed by atoms with Crippen molar-refractivity contribution in [1.29, 1.82) is 0 Å². The zero-order valence-electron chi connectivity index (χ0n) is 13.2. The summed E-state index contributed by atoms with van der Waals surface area (Å²) in [5.41, 5.74) is 1.06. The zero-order valence-corrected chi connectivity index (χ0v) is 14.0. The van der Waals surface area contributed by atoms with Gasteiger partial charge in [-0.25, -0.2) is 19.6 Å². The second kappa shape index (κ2) is 6.89. The fourth-order valence-electron chi connectivity index (χ4n) is 1.75. The normalized spacial score (nSPS) is 11.1. The molecule has 0 aliphatic heterocycles. The maximum absolute atomic E-state index is 4.69. The molecule has 0 bridgehead atoms. The molecule has 0 amide bonds. The molecular formula is C14H22N6S. The molecule has 2 aromatic heterocycles. The fraction of sp³-hybridized carbons (Fsp3) is 0.571. The lowest BCUT2D eigenvalue weighted by Gasteiger charge is -2.14. The van der Waals surface area contributed by atoms with Gasteiger partial charge >= 0.3 is 0 Å². The highest BCUT2D eigenvalue weighted by atomic mass is 32.2. The monoisotopic (exact) mass is 306 g/mol. The van der Waals surface area contributed by atoms with E-state index in [1.807, 2.05) is 14.0 Å². The average molecular weight is 306 g/mol. The second-order valence-corrected chi connectivity index (χ2v) is 6.17. The Balaban J connectivity index is 2.38. The minimum absolute atomic E-state index is 0.284. The maximum atomic E-state index is 4.69. The molecule has 2 aromatic rings. The summed E-state index contributed by atoms with van der Waals surface area (Å²) >= 11 is 1.52. The molecule has 0 radical (unpaired) electrons. The Hall–Kier alpha value is -1.63. The van der Waals surface area contributed by atoms with E-state index in [1.54, 1.807) is 11.0 Å². The summed E-state index contributed by atoms with van der Waals surface area (Å²) in [6.07, 6.45) is 2.62. The topological polar surface area (TPSA) is 68.5 Å². The van der Waals surface area contributed by atoms with Gasteiger partial charge in [0.15, 0.2) is 5.16 Å². The predicted octanol–water partition coefficient (Wildman–Crippen LogP) is 3.01. The van der Waals surface area contributed by atoms with Gasteiger partial charge in [0.25, 0.3) is 0 Å². The van der Waals surface area contributed by atoms with Crippen LogP contribution in [-0.4, -0.2) is 31.3 Å². The van der Waals surface area contributed by atoms with Crippen LogP contribution in [0.2, 0.25) is 0 Å². The summed E-state index contributed by atoms with van der Waals surface area (Å²) < 4.78 is 1.75. The first-order valence-corrected chi connectivity index (χ1v) is 7.98. The van der Waals surface area contributed by atoms with Gasteiger partial charge < -0.3 is 5.32 Å². The van der Waals surface area contributed by atoms with Crippen LogP contribution in [0.4, 0.5) is 5.82 Å². The van der Waals surface area contributed by atoms with Crippen LogP contribution in [0.3, 0.4) is 0 Å². The lowest BCUT2D eigenvalue weighted by atomic mass is 10.2. The number of hydrogen-bond donors (Lipinski definition) is 1. The van der Waals surface area contributed by atoms with E-state index >= 15 is 0 Å². The van der Waals surface area contributed by atoms with Gasteiger partial charge in [-0.2, -0.15) is 5.10 Å². The fourth-order valence-corrected chi connectivity index (χ4v) is 2.59. The highest BCUT2D eigenvalue weighted by Crippen LogP contribution is 2.30. The third-order valence-electron chi connectivity index (χ3n) is 3.04. The highest BCUT2D eigenvalue weighted by Gasteiger charge is 2.15. The Morgan fingerprint density at radius 3 is 2.67 bits per heavy atom. The van der Waals surface area contributed by atoms with E-state index in [0.717, 1.165) is 40.4 Å². The van der Waals surface area contributed by atoms with E-state index < -0.39 is 0 Å². The molecule has 0 aromatic carbocycles. The van der Waals surface area contributed by atoms with E-state index in [0.29, 0.717) is 0 Å². The van der Waals surface area contributed by atoms with Gasteiger partial charge in [0.1, 0.15) is 23.0 Å². The minimum atomic E-state index is 0.284. The maximum Gasteiger partial charge on any atom is 0.192 e. The molecule has 0 atom stereocenters. The lowest BCUT2D eigenvalue weighted by molar-refractivity contribution is 0.683. The molecule has 21 heavy (non-hydrogen) atoms. The molecular weight excluding hydrogens is 284 g/mol. The summed E-state index contributed by atoms with van der Waals surface area (Å²) in [5, 5.41) is 9.24. The number of anilines is 1. The van der Waals surface area contributed by atoms with Crippen molar-refractivity contribution in [3.05, 3.63) is 17.7 Å². The van der Waals surface area contributed by atoms with Crippen molar-refractivity contribution in [3.8, 4) is 0 Å². The van der Waals surface area contributed by atoms with Crippen LogP contribution in [0, 0.1) is 6.92 Å². The van der Waals surface area contributed by atoms with Gasteiger partial charge in [-0.15, -0.1) is 0 Å². The van der Waals surface area contributed by atoms with Crippen LogP contribution in [0.5, 0.6) is 0 Å². The van der Waals surface area contributed by atoms with Crippen LogP contribution in [0.15, 0.2) is 16.5 Å². The van der Waals surface area contributed by atoms with Crippen molar-refractivity contribution >= 4 is 17.6 Å². The number of hydrogen-bond acceptors (Lipinski definition) is 6. The van der Waals surface area contributed by atoms with Crippen molar-refractivity contribution in [2.45, 2.75) is 50.2 Å². The Morgan fingerprint density at radius 2 is 2.10 bits per heavy atom. The van der Waals surface area contributed by atoms with Gasteiger partial charge in [-0.3, -0.25) is 0 Å². The van der Waals surface area contributed by atoms with Crippen molar-refractivity contribution in [2.75, 3.05) is 11.9 Å². The van der Waals surface area contributed by atoms with Gasteiger partial charge in [0.2, 0.25) is 0 Å². The van der Waals surface area contributed by atoms with Crippen molar-refractivity contribution in [1.82, 2.24) is 24.7 Å². The SMILES string of the molecule is CCCNc1nc(C(C)C)nc(Sc2ncnn2C)c1C. The molecule has 7 heteroatoms. The van der Waals surface area contributed by atoms with Crippen LogP contribution in [0.1, 0.15) is 44.5 Å². The molecule has 1 N–H and O–H groups in total. The first-order chi connectivity index (χ1) is 10.0. The summed E-state index contributed by atoms with van der Waals surface area (Å²) in [6, 6.07) is 0. The van der Waals surface area contributed by atoms with Gasteiger partial charge in [0.05, 0.1) is 0 Å². The number of nitrogens with one attached hydrogen (secondary N) is 1. The van der Waals surface area contributed by atoms with Crippen LogP contribution in [0.25, 0.3) is 0 Å². The Morgan fingerprint density at radius 1 is 1.33 bits per heavy atom. The Labute approximate surface area is 129 Å². The molecule has 6 nitrogen and oxygen atoms in total. The third kappa shape index (κ3) is 3.72. The molecule has 0 aliphatic rings. The number of rotatable bonds is 6. The smallest absolute Gasteiger partial charge is 0.192 e. The van der Waals surface area contributed by atoms with E-state index in [9.17, 15) is 0 Å². The summed E-state index contributed by atoms with van der Waals surface area (Å²) in [5.74, 6) is 2.05. The molecule has 0 saturated carbocycles. The average Bonchev–Trinajstić information content (AvgIpc) is 2.85. The highest BCUT2D eigenvalue weighted by molar-refractivity contribution is 7.99. The van der Waals surface area contributed by atoms with E-state index in [-0.39, 0.29) is 5.92 Å². The van der Waals surface area contributed by atoms with Crippen LogP contribution >= 0.6 is 11.8 Å². The van der Waals surface area contributed by atoms with Gasteiger partial charge in [-0.1, -0.05) is 20.8 Å². The summed E-state index contributed by atoms with van der Waals surface area (Å²) in [7, 11) is 1.88. The summed E-state index contributed by atoms with van der Waals surface area (Å²) in [6.45, 7) is 9.29. The quantitative estimate of drug-likeness (QED) is 0.827. The second-order valence-electron chi connectivity index (χ2n) is 5.21. The molecule has 2 heterocycles. The van der Waals surface area contributed by atoms with Gasteiger partial charge in [-0.05, 0) is 25.1 Å². The molecule has 0 unspecified atom stereocenters. The van der Waals surface area contributed by atoms with Crippen molar-refractivity contribution in [3.63, 3.8) is 0 Å². The number of aromatic nitrogens is 5. The van der Waals surface area contributed by atoms with Crippen molar-refractivity contribution < 1.29 is 0 Å². The minimum Gasteiger partial charge on any atom is -0.370 e. The third-order valence-corrected chi connectivity index (χ3v) is 4.18. The molecule has 0 aliphatic carbocycles. The van der Waals surface area contributed by atoms with Gasteiger partial charge in [0, 0.05) is 25.1 Å². The molecule has 2 rings (SSSR count). The first kappa shape index (κ1) is 15.8. The van der Waals surface area contributed by atoms with Crippen molar-refractivity contribution in [2.24, 2.45) is 7.05 Å². The molecule has 0 fully saturated rings. The molecule has 0 spiro atoms. The largest absolute Gasteiger partial charge is 0.370 e.